The highest BCUT2D eigenvalue weighted by Crippen LogP contribution is 2.18. The molecule has 0 atom stereocenters. The summed E-state index contributed by atoms with van der Waals surface area (Å²) in [6, 6.07) is 6.82. The van der Waals surface area contributed by atoms with Gasteiger partial charge in [0.15, 0.2) is 11.2 Å². The van der Waals surface area contributed by atoms with E-state index in [1.807, 2.05) is 0 Å². The third-order valence-corrected chi connectivity index (χ3v) is 4.80. The molecule has 0 aliphatic carbocycles. The lowest BCUT2D eigenvalue weighted by molar-refractivity contribution is 0.474. The fourth-order valence-electron chi connectivity index (χ4n) is 3.17. The Labute approximate surface area is 167 Å². The van der Waals surface area contributed by atoms with Gasteiger partial charge in [0.2, 0.25) is 5.95 Å². The summed E-state index contributed by atoms with van der Waals surface area (Å²) in [6.45, 7) is 2.74. The van der Waals surface area contributed by atoms with Crippen molar-refractivity contribution in [3.05, 3.63) is 50.7 Å². The average molecular weight is 398 g/mol. The number of rotatable bonds is 9. The summed E-state index contributed by atoms with van der Waals surface area (Å²) in [4.78, 5) is 31.1. The number of para-hydroxylation sites is 1. The monoisotopic (exact) mass is 398 g/mol. The second-order valence-electron chi connectivity index (χ2n) is 6.92. The number of anilines is 1. The highest BCUT2D eigenvalue weighted by Gasteiger charge is 2.16. The van der Waals surface area contributed by atoms with Gasteiger partial charge in [0, 0.05) is 19.2 Å². The van der Waals surface area contributed by atoms with E-state index >= 15 is 0 Å². The molecule has 3 rings (SSSR count). The van der Waals surface area contributed by atoms with Crippen molar-refractivity contribution in [3.8, 4) is 5.75 Å². The van der Waals surface area contributed by atoms with Gasteiger partial charge in [0.1, 0.15) is 5.75 Å². The lowest BCUT2D eigenvalue weighted by Crippen LogP contribution is -2.29. The van der Waals surface area contributed by atoms with E-state index in [0.717, 1.165) is 25.7 Å². The SMILES string of the molecule is CCCCCCCn1c(NN=Cc2ccccc2O)nc2c1c(=O)[nH]c(=O)n2C. The van der Waals surface area contributed by atoms with E-state index in [4.69, 9.17) is 0 Å². The molecule has 0 saturated carbocycles. The Kier molecular flexibility index (Phi) is 6.48. The van der Waals surface area contributed by atoms with Crippen LogP contribution in [-0.2, 0) is 13.6 Å². The highest BCUT2D eigenvalue weighted by atomic mass is 16.3. The van der Waals surface area contributed by atoms with Crippen molar-refractivity contribution in [2.24, 2.45) is 12.1 Å². The number of phenols is 1. The van der Waals surface area contributed by atoms with Crippen LogP contribution >= 0.6 is 0 Å². The van der Waals surface area contributed by atoms with E-state index in [-0.39, 0.29) is 5.75 Å². The zero-order valence-corrected chi connectivity index (χ0v) is 16.7. The lowest BCUT2D eigenvalue weighted by Gasteiger charge is -2.08. The third kappa shape index (κ3) is 4.56. The molecule has 154 valence electrons. The number of aromatic nitrogens is 4. The van der Waals surface area contributed by atoms with E-state index in [0.29, 0.717) is 29.2 Å². The van der Waals surface area contributed by atoms with E-state index < -0.39 is 11.2 Å². The normalized spacial score (nSPS) is 11.5. The van der Waals surface area contributed by atoms with Gasteiger partial charge in [-0.3, -0.25) is 14.3 Å². The number of hydrazone groups is 1. The molecule has 0 spiro atoms. The van der Waals surface area contributed by atoms with E-state index in [2.05, 4.69) is 27.4 Å². The molecule has 0 aliphatic heterocycles. The van der Waals surface area contributed by atoms with Crippen molar-refractivity contribution in [2.45, 2.75) is 45.6 Å². The number of aromatic amines is 1. The van der Waals surface area contributed by atoms with Crippen molar-refractivity contribution >= 4 is 23.3 Å². The summed E-state index contributed by atoms with van der Waals surface area (Å²) in [5, 5.41) is 14.0. The quantitative estimate of drug-likeness (QED) is 0.291. The first-order chi connectivity index (χ1) is 14.0. The number of aromatic hydroxyl groups is 1. The van der Waals surface area contributed by atoms with Crippen molar-refractivity contribution in [1.82, 2.24) is 19.1 Å². The van der Waals surface area contributed by atoms with Gasteiger partial charge < -0.3 is 9.67 Å². The Balaban J connectivity index is 1.92. The van der Waals surface area contributed by atoms with Crippen LogP contribution in [0.15, 0.2) is 39.0 Å². The van der Waals surface area contributed by atoms with E-state index in [1.54, 1.807) is 35.9 Å². The number of nitrogens with zero attached hydrogens (tertiary/aromatic N) is 4. The summed E-state index contributed by atoms with van der Waals surface area (Å²) in [5.74, 6) is 0.482. The first kappa shape index (κ1) is 20.4. The zero-order chi connectivity index (χ0) is 20.8. The van der Waals surface area contributed by atoms with Crippen molar-refractivity contribution in [2.75, 3.05) is 5.43 Å². The summed E-state index contributed by atoms with van der Waals surface area (Å²) >= 11 is 0. The molecule has 0 saturated heterocycles. The molecule has 2 heterocycles. The maximum Gasteiger partial charge on any atom is 0.329 e. The molecule has 0 unspecified atom stereocenters. The van der Waals surface area contributed by atoms with Crippen molar-refractivity contribution in [3.63, 3.8) is 0 Å². The number of benzene rings is 1. The molecule has 0 amide bonds. The molecule has 9 heteroatoms. The molecule has 0 fully saturated rings. The Hall–Kier alpha value is -3.36. The van der Waals surface area contributed by atoms with Gasteiger partial charge >= 0.3 is 5.69 Å². The molecular formula is C20H26N6O3. The van der Waals surface area contributed by atoms with Crippen LogP contribution in [0.3, 0.4) is 0 Å². The van der Waals surface area contributed by atoms with Crippen LogP contribution < -0.4 is 16.7 Å². The van der Waals surface area contributed by atoms with E-state index in [1.165, 1.54) is 17.2 Å². The predicted molar refractivity (Wildman–Crippen MR) is 114 cm³/mol. The number of hydrogen-bond acceptors (Lipinski definition) is 6. The minimum atomic E-state index is -0.514. The fourth-order valence-corrected chi connectivity index (χ4v) is 3.17. The molecule has 2 aromatic heterocycles. The van der Waals surface area contributed by atoms with Crippen LogP contribution in [0.25, 0.3) is 11.2 Å². The molecule has 9 nitrogen and oxygen atoms in total. The number of nitrogens with one attached hydrogen (secondary N) is 2. The summed E-state index contributed by atoms with van der Waals surface area (Å²) in [6.07, 6.45) is 6.86. The van der Waals surface area contributed by atoms with Crippen molar-refractivity contribution in [1.29, 1.82) is 0 Å². The zero-order valence-electron chi connectivity index (χ0n) is 16.7. The van der Waals surface area contributed by atoms with Crippen LogP contribution in [0.1, 0.15) is 44.6 Å². The predicted octanol–water partition coefficient (Wildman–Crippen LogP) is 2.55. The van der Waals surface area contributed by atoms with Gasteiger partial charge in [-0.1, -0.05) is 44.7 Å². The molecule has 0 radical (unpaired) electrons. The maximum absolute atomic E-state index is 12.4. The van der Waals surface area contributed by atoms with Gasteiger partial charge in [0.25, 0.3) is 5.56 Å². The van der Waals surface area contributed by atoms with Gasteiger partial charge in [-0.15, -0.1) is 0 Å². The Morgan fingerprint density at radius 1 is 1.21 bits per heavy atom. The maximum atomic E-state index is 12.4. The number of imidazole rings is 1. The average Bonchev–Trinajstić information content (AvgIpc) is 3.07. The molecule has 3 aromatic rings. The number of fused-ring (bicyclic) bond motifs is 1. The number of phenolic OH excluding ortho intramolecular Hbond substituents is 1. The summed E-state index contributed by atoms with van der Waals surface area (Å²) < 4.78 is 3.06. The molecule has 0 aliphatic rings. The van der Waals surface area contributed by atoms with Gasteiger partial charge in [-0.25, -0.2) is 10.2 Å². The second-order valence-corrected chi connectivity index (χ2v) is 6.92. The van der Waals surface area contributed by atoms with Crippen LogP contribution in [-0.4, -0.2) is 30.4 Å². The van der Waals surface area contributed by atoms with Gasteiger partial charge in [0.05, 0.1) is 6.21 Å². The minimum absolute atomic E-state index is 0.112. The summed E-state index contributed by atoms with van der Waals surface area (Å²) in [5.41, 5.74) is 3.04. The number of unbranched alkanes of at least 4 members (excludes halogenated alkanes) is 4. The minimum Gasteiger partial charge on any atom is -0.507 e. The number of aryl methyl sites for hydroxylation is 2. The fraction of sp³-hybridized carbons (Fsp3) is 0.400. The van der Waals surface area contributed by atoms with E-state index in [9.17, 15) is 14.7 Å². The van der Waals surface area contributed by atoms with Crippen LogP contribution in [0, 0.1) is 0 Å². The van der Waals surface area contributed by atoms with Crippen LogP contribution in [0.2, 0.25) is 0 Å². The lowest BCUT2D eigenvalue weighted by atomic mass is 10.1. The molecule has 0 bridgehead atoms. The Morgan fingerprint density at radius 2 is 1.97 bits per heavy atom. The molecule has 1 aromatic carbocycles. The Bertz CT molecular complexity index is 1130. The number of hydrogen-bond donors (Lipinski definition) is 3. The van der Waals surface area contributed by atoms with Crippen molar-refractivity contribution < 1.29 is 5.11 Å². The third-order valence-electron chi connectivity index (χ3n) is 4.80. The summed E-state index contributed by atoms with van der Waals surface area (Å²) in [7, 11) is 1.56. The first-order valence-corrected chi connectivity index (χ1v) is 9.79. The van der Waals surface area contributed by atoms with Crippen LogP contribution in [0.5, 0.6) is 5.75 Å². The molecule has 3 N–H and O–H groups in total. The topological polar surface area (TPSA) is 117 Å². The molecular weight excluding hydrogens is 372 g/mol. The standard InChI is InChI=1S/C20H26N6O3/c1-3-4-5-6-9-12-26-16-17(25(2)20(29)23-18(16)28)22-19(26)24-21-13-14-10-7-8-11-15(14)27/h7-8,10-11,13,27H,3-6,9,12H2,1-2H3,(H,22,24)(H,23,28,29). The smallest absolute Gasteiger partial charge is 0.329 e. The largest absolute Gasteiger partial charge is 0.507 e. The van der Waals surface area contributed by atoms with Crippen LogP contribution in [0.4, 0.5) is 5.95 Å². The highest BCUT2D eigenvalue weighted by molar-refractivity contribution is 5.83. The first-order valence-electron chi connectivity index (χ1n) is 9.79. The Morgan fingerprint density at radius 3 is 2.72 bits per heavy atom. The van der Waals surface area contributed by atoms with Gasteiger partial charge in [-0.2, -0.15) is 10.1 Å². The molecule has 29 heavy (non-hydrogen) atoms. The number of H-pyrrole nitrogens is 1. The second kappa shape index (κ2) is 9.22. The van der Waals surface area contributed by atoms with Gasteiger partial charge in [-0.05, 0) is 18.6 Å².